The number of nitrogens with zero attached hydrogens (tertiary/aromatic N) is 1. The number of amides is 1. The molecule has 1 aromatic heterocycles. The summed E-state index contributed by atoms with van der Waals surface area (Å²) in [5, 5.41) is 2.88. The largest absolute Gasteiger partial charge is 0.441 e. The second kappa shape index (κ2) is 5.90. The smallest absolute Gasteiger partial charge is 0.244 e. The summed E-state index contributed by atoms with van der Waals surface area (Å²) in [5.41, 5.74) is 6.80. The summed E-state index contributed by atoms with van der Waals surface area (Å²) in [6, 6.07) is 7.37. The molecule has 1 aromatic carbocycles. The summed E-state index contributed by atoms with van der Waals surface area (Å²) in [4.78, 5) is 16.6. The lowest BCUT2D eigenvalue weighted by atomic mass is 9.90. The van der Waals surface area contributed by atoms with Gasteiger partial charge in [-0.15, -0.1) is 0 Å². The fourth-order valence-corrected chi connectivity index (χ4v) is 2.44. The van der Waals surface area contributed by atoms with Gasteiger partial charge in [0.1, 0.15) is 11.3 Å². The molecule has 0 saturated carbocycles. The summed E-state index contributed by atoms with van der Waals surface area (Å²) in [5.74, 6) is 1.09. The Kier molecular flexibility index (Phi) is 3.96. The molecule has 3 rings (SSSR count). The van der Waals surface area contributed by atoms with Crippen molar-refractivity contribution in [1.82, 2.24) is 4.98 Å². The van der Waals surface area contributed by atoms with E-state index in [1.54, 1.807) is 6.20 Å². The van der Waals surface area contributed by atoms with Crippen LogP contribution in [0.3, 0.4) is 0 Å². The highest BCUT2D eigenvalue weighted by Crippen LogP contribution is 2.24. The van der Waals surface area contributed by atoms with Gasteiger partial charge in [-0.1, -0.05) is 6.07 Å². The lowest BCUT2D eigenvalue weighted by Crippen LogP contribution is -2.54. The molecule has 6 nitrogen and oxygen atoms in total. The zero-order chi connectivity index (χ0) is 15.6. The maximum atomic E-state index is 12.4. The van der Waals surface area contributed by atoms with Crippen LogP contribution in [0, 0.1) is 6.92 Å². The molecule has 22 heavy (non-hydrogen) atoms. The van der Waals surface area contributed by atoms with Gasteiger partial charge in [0.25, 0.3) is 0 Å². The van der Waals surface area contributed by atoms with Crippen LogP contribution in [0.15, 0.2) is 34.9 Å². The van der Waals surface area contributed by atoms with Gasteiger partial charge in [0.05, 0.1) is 6.20 Å². The lowest BCUT2D eigenvalue weighted by molar-refractivity contribution is -0.124. The first-order chi connectivity index (χ1) is 10.6. The minimum atomic E-state index is -0.867. The van der Waals surface area contributed by atoms with Crippen LogP contribution in [0.25, 0.3) is 11.5 Å². The third-order valence-electron chi connectivity index (χ3n) is 3.83. The molecule has 2 heterocycles. The van der Waals surface area contributed by atoms with Gasteiger partial charge in [-0.05, 0) is 38.0 Å². The van der Waals surface area contributed by atoms with Crippen LogP contribution in [-0.2, 0) is 9.53 Å². The Labute approximate surface area is 128 Å². The number of nitrogens with one attached hydrogen (secondary N) is 1. The molecular formula is C16H19N3O3. The SMILES string of the molecule is Cc1cnc(-c2cccc(NC(=O)C3(N)CCOCC3)c2)o1. The van der Waals surface area contributed by atoms with E-state index in [1.807, 2.05) is 31.2 Å². The molecule has 0 atom stereocenters. The van der Waals surface area contributed by atoms with E-state index in [-0.39, 0.29) is 5.91 Å². The lowest BCUT2D eigenvalue weighted by Gasteiger charge is -2.31. The van der Waals surface area contributed by atoms with E-state index in [2.05, 4.69) is 10.3 Å². The highest BCUT2D eigenvalue weighted by Gasteiger charge is 2.35. The molecule has 0 spiro atoms. The molecule has 116 valence electrons. The van der Waals surface area contributed by atoms with Crippen LogP contribution >= 0.6 is 0 Å². The number of anilines is 1. The number of ether oxygens (including phenoxy) is 1. The predicted octanol–water partition coefficient (Wildman–Crippen LogP) is 2.10. The molecule has 3 N–H and O–H groups in total. The molecular weight excluding hydrogens is 282 g/mol. The van der Waals surface area contributed by atoms with Gasteiger partial charge in [0.15, 0.2) is 0 Å². The number of carbonyl (C=O) groups excluding carboxylic acids is 1. The van der Waals surface area contributed by atoms with Crippen LogP contribution in [0.1, 0.15) is 18.6 Å². The van der Waals surface area contributed by atoms with Crippen LogP contribution in [-0.4, -0.2) is 29.6 Å². The van der Waals surface area contributed by atoms with E-state index in [0.29, 0.717) is 37.6 Å². The Morgan fingerprint density at radius 2 is 2.14 bits per heavy atom. The summed E-state index contributed by atoms with van der Waals surface area (Å²) in [7, 11) is 0. The fourth-order valence-electron chi connectivity index (χ4n) is 2.44. The maximum Gasteiger partial charge on any atom is 0.244 e. The molecule has 1 saturated heterocycles. The fraction of sp³-hybridized carbons (Fsp3) is 0.375. The Balaban J connectivity index is 1.76. The number of hydrogen-bond donors (Lipinski definition) is 2. The predicted molar refractivity (Wildman–Crippen MR) is 82.3 cm³/mol. The molecule has 0 bridgehead atoms. The van der Waals surface area contributed by atoms with Crippen molar-refractivity contribution in [3.05, 3.63) is 36.2 Å². The minimum Gasteiger partial charge on any atom is -0.441 e. The number of carbonyl (C=O) groups is 1. The molecule has 0 radical (unpaired) electrons. The van der Waals surface area contributed by atoms with Crippen molar-refractivity contribution < 1.29 is 13.9 Å². The van der Waals surface area contributed by atoms with Crippen LogP contribution < -0.4 is 11.1 Å². The van der Waals surface area contributed by atoms with Crippen LogP contribution in [0.5, 0.6) is 0 Å². The molecule has 1 amide bonds. The van der Waals surface area contributed by atoms with Crippen molar-refractivity contribution in [2.75, 3.05) is 18.5 Å². The van der Waals surface area contributed by atoms with E-state index in [4.69, 9.17) is 14.9 Å². The Morgan fingerprint density at radius 1 is 1.36 bits per heavy atom. The molecule has 1 fully saturated rings. The summed E-state index contributed by atoms with van der Waals surface area (Å²) in [6.07, 6.45) is 2.71. The van der Waals surface area contributed by atoms with E-state index >= 15 is 0 Å². The molecule has 6 heteroatoms. The van der Waals surface area contributed by atoms with Gasteiger partial charge in [-0.2, -0.15) is 0 Å². The van der Waals surface area contributed by atoms with Gasteiger partial charge in [-0.25, -0.2) is 4.98 Å². The average Bonchev–Trinajstić information content (AvgIpc) is 2.95. The number of nitrogens with two attached hydrogens (primary N) is 1. The summed E-state index contributed by atoms with van der Waals surface area (Å²) >= 11 is 0. The first-order valence-corrected chi connectivity index (χ1v) is 7.28. The number of aromatic nitrogens is 1. The standard InChI is InChI=1S/C16H19N3O3/c1-11-10-18-14(22-11)12-3-2-4-13(9-12)19-15(20)16(17)5-7-21-8-6-16/h2-4,9-10H,5-8,17H2,1H3,(H,19,20). The second-order valence-corrected chi connectivity index (χ2v) is 5.58. The van der Waals surface area contributed by atoms with E-state index in [1.165, 1.54) is 0 Å². The van der Waals surface area contributed by atoms with Gasteiger partial charge in [0, 0.05) is 24.5 Å². The van der Waals surface area contributed by atoms with Gasteiger partial charge < -0.3 is 20.2 Å². The molecule has 2 aromatic rings. The number of oxazole rings is 1. The highest BCUT2D eigenvalue weighted by atomic mass is 16.5. The maximum absolute atomic E-state index is 12.4. The van der Waals surface area contributed by atoms with E-state index < -0.39 is 5.54 Å². The van der Waals surface area contributed by atoms with Crippen molar-refractivity contribution in [3.8, 4) is 11.5 Å². The first-order valence-electron chi connectivity index (χ1n) is 7.28. The Hall–Kier alpha value is -2.18. The van der Waals surface area contributed by atoms with Crippen molar-refractivity contribution in [3.63, 3.8) is 0 Å². The Morgan fingerprint density at radius 3 is 2.82 bits per heavy atom. The van der Waals surface area contributed by atoms with Crippen LogP contribution in [0.4, 0.5) is 5.69 Å². The van der Waals surface area contributed by atoms with E-state index in [9.17, 15) is 4.79 Å². The van der Waals surface area contributed by atoms with E-state index in [0.717, 1.165) is 11.3 Å². The quantitative estimate of drug-likeness (QED) is 0.906. The highest BCUT2D eigenvalue weighted by molar-refractivity contribution is 5.98. The van der Waals surface area contributed by atoms with Crippen molar-refractivity contribution in [2.45, 2.75) is 25.3 Å². The number of rotatable bonds is 3. The molecule has 1 aliphatic heterocycles. The third kappa shape index (κ3) is 3.03. The third-order valence-corrected chi connectivity index (χ3v) is 3.83. The van der Waals surface area contributed by atoms with Gasteiger partial charge in [0.2, 0.25) is 11.8 Å². The van der Waals surface area contributed by atoms with Crippen molar-refractivity contribution >= 4 is 11.6 Å². The monoisotopic (exact) mass is 301 g/mol. The van der Waals surface area contributed by atoms with Gasteiger partial charge in [-0.3, -0.25) is 4.79 Å². The average molecular weight is 301 g/mol. The number of hydrogen-bond acceptors (Lipinski definition) is 5. The summed E-state index contributed by atoms with van der Waals surface area (Å²) in [6.45, 7) is 2.87. The second-order valence-electron chi connectivity index (χ2n) is 5.58. The minimum absolute atomic E-state index is 0.184. The van der Waals surface area contributed by atoms with Gasteiger partial charge >= 0.3 is 0 Å². The van der Waals surface area contributed by atoms with Crippen molar-refractivity contribution in [1.29, 1.82) is 0 Å². The number of aryl methyl sites for hydroxylation is 1. The normalized spacial score (nSPS) is 17.2. The first kappa shape index (κ1) is 14.7. The summed E-state index contributed by atoms with van der Waals surface area (Å²) < 4.78 is 10.8. The van der Waals surface area contributed by atoms with Crippen molar-refractivity contribution in [2.24, 2.45) is 5.73 Å². The molecule has 0 unspecified atom stereocenters. The molecule has 1 aliphatic rings. The van der Waals surface area contributed by atoms with Crippen LogP contribution in [0.2, 0.25) is 0 Å². The number of benzene rings is 1. The zero-order valence-electron chi connectivity index (χ0n) is 12.5. The zero-order valence-corrected chi connectivity index (χ0v) is 12.5. The molecule has 0 aliphatic carbocycles. The topological polar surface area (TPSA) is 90.4 Å². The Bertz CT molecular complexity index is 675.